The quantitative estimate of drug-likeness (QED) is 0.861. The highest BCUT2D eigenvalue weighted by atomic mass is 16.2. The van der Waals surface area contributed by atoms with Gasteiger partial charge in [0.1, 0.15) is 0 Å². The number of amides is 3. The second kappa shape index (κ2) is 6.40. The van der Waals surface area contributed by atoms with Gasteiger partial charge in [-0.1, -0.05) is 0 Å². The molecule has 1 fully saturated rings. The first-order valence-electron chi connectivity index (χ1n) is 8.06. The molecule has 23 heavy (non-hydrogen) atoms. The van der Waals surface area contributed by atoms with E-state index in [0.29, 0.717) is 37.9 Å². The van der Waals surface area contributed by atoms with Crippen LogP contribution >= 0.6 is 0 Å². The number of primary amides is 1. The first-order chi connectivity index (χ1) is 11.0. The van der Waals surface area contributed by atoms with E-state index in [1.807, 2.05) is 12.1 Å². The molecule has 0 unspecified atom stereocenters. The van der Waals surface area contributed by atoms with Crippen LogP contribution in [0.3, 0.4) is 0 Å². The Hall–Kier alpha value is -2.37. The molecule has 3 N–H and O–H groups in total. The van der Waals surface area contributed by atoms with Crippen molar-refractivity contribution in [1.29, 1.82) is 0 Å². The summed E-state index contributed by atoms with van der Waals surface area (Å²) < 4.78 is 0. The number of carbonyl (C=O) groups is 3. The first-order valence-corrected chi connectivity index (χ1v) is 8.06. The molecule has 122 valence electrons. The summed E-state index contributed by atoms with van der Waals surface area (Å²) >= 11 is 0. The summed E-state index contributed by atoms with van der Waals surface area (Å²) in [4.78, 5) is 37.2. The Kier molecular flexibility index (Phi) is 4.32. The molecule has 6 heteroatoms. The van der Waals surface area contributed by atoms with E-state index in [-0.39, 0.29) is 23.6 Å². The summed E-state index contributed by atoms with van der Waals surface area (Å²) in [7, 11) is 0. The van der Waals surface area contributed by atoms with Crippen LogP contribution in [0.2, 0.25) is 0 Å². The van der Waals surface area contributed by atoms with E-state index in [9.17, 15) is 14.4 Å². The predicted octanol–water partition coefficient (Wildman–Crippen LogP) is 1.30. The lowest BCUT2D eigenvalue weighted by molar-refractivity contribution is -0.123. The normalized spacial score (nSPS) is 18.8. The third kappa shape index (κ3) is 3.36. The zero-order chi connectivity index (χ0) is 16.4. The van der Waals surface area contributed by atoms with Crippen LogP contribution in [0.5, 0.6) is 0 Å². The predicted molar refractivity (Wildman–Crippen MR) is 85.8 cm³/mol. The van der Waals surface area contributed by atoms with Gasteiger partial charge >= 0.3 is 0 Å². The summed E-state index contributed by atoms with van der Waals surface area (Å²) in [6.45, 7) is 1.11. The lowest BCUT2D eigenvalue weighted by Crippen LogP contribution is -2.41. The van der Waals surface area contributed by atoms with Crippen molar-refractivity contribution in [1.82, 2.24) is 4.90 Å². The highest BCUT2D eigenvalue weighted by Crippen LogP contribution is 2.25. The van der Waals surface area contributed by atoms with Gasteiger partial charge in [-0.3, -0.25) is 14.4 Å². The number of fused-ring (bicyclic) bond motifs is 1. The summed E-state index contributed by atoms with van der Waals surface area (Å²) in [5, 5.41) is 2.87. The van der Waals surface area contributed by atoms with Crippen molar-refractivity contribution in [2.24, 2.45) is 11.7 Å². The van der Waals surface area contributed by atoms with Gasteiger partial charge in [-0.05, 0) is 49.4 Å². The number of nitrogens with two attached hydrogens (primary N) is 1. The molecular weight excluding hydrogens is 294 g/mol. The SMILES string of the molecule is NC(=O)C1CCN(C(=O)c2ccc3c(c2)CCCC(=O)N3)CC1. The molecule has 0 spiro atoms. The zero-order valence-electron chi connectivity index (χ0n) is 13.0. The fourth-order valence-electron chi connectivity index (χ4n) is 3.26. The molecule has 0 aromatic heterocycles. The number of anilines is 1. The van der Waals surface area contributed by atoms with Gasteiger partial charge in [0.2, 0.25) is 11.8 Å². The Bertz CT molecular complexity index is 648. The molecule has 0 radical (unpaired) electrons. The number of aryl methyl sites for hydroxylation is 1. The topological polar surface area (TPSA) is 92.5 Å². The van der Waals surface area contributed by atoms with Gasteiger partial charge in [-0.25, -0.2) is 0 Å². The molecule has 3 rings (SSSR count). The summed E-state index contributed by atoms with van der Waals surface area (Å²) in [6, 6.07) is 5.44. The third-order valence-corrected chi connectivity index (χ3v) is 4.66. The molecule has 0 saturated carbocycles. The van der Waals surface area contributed by atoms with Crippen molar-refractivity contribution < 1.29 is 14.4 Å². The summed E-state index contributed by atoms with van der Waals surface area (Å²) in [5.41, 5.74) is 7.77. The molecule has 1 aromatic rings. The number of piperidine rings is 1. The van der Waals surface area contributed by atoms with Gasteiger partial charge in [0.25, 0.3) is 5.91 Å². The molecule has 1 aromatic carbocycles. The molecule has 3 amide bonds. The van der Waals surface area contributed by atoms with E-state index in [0.717, 1.165) is 24.1 Å². The summed E-state index contributed by atoms with van der Waals surface area (Å²) in [5.74, 6) is -0.401. The van der Waals surface area contributed by atoms with Gasteiger partial charge in [-0.2, -0.15) is 0 Å². The van der Waals surface area contributed by atoms with Crippen molar-refractivity contribution in [3.8, 4) is 0 Å². The van der Waals surface area contributed by atoms with Gasteiger partial charge in [-0.15, -0.1) is 0 Å². The number of nitrogens with zero attached hydrogens (tertiary/aromatic N) is 1. The van der Waals surface area contributed by atoms with Gasteiger partial charge < -0.3 is 16.0 Å². The first kappa shape index (κ1) is 15.5. The van der Waals surface area contributed by atoms with Crippen LogP contribution in [0.4, 0.5) is 5.69 Å². The number of benzene rings is 1. The number of hydrogen-bond acceptors (Lipinski definition) is 3. The van der Waals surface area contributed by atoms with Crippen LogP contribution in [-0.4, -0.2) is 35.7 Å². The third-order valence-electron chi connectivity index (χ3n) is 4.66. The Morgan fingerprint density at radius 2 is 1.91 bits per heavy atom. The number of rotatable bonds is 2. The standard InChI is InChI=1S/C17H21N3O3/c18-16(22)11-6-8-20(9-7-11)17(23)13-4-5-14-12(10-13)2-1-3-15(21)19-14/h4-5,10-11H,1-3,6-9H2,(H2,18,22)(H,19,21). The average Bonchev–Trinajstić information content (AvgIpc) is 2.74. The van der Waals surface area contributed by atoms with Crippen molar-refractivity contribution in [3.63, 3.8) is 0 Å². The van der Waals surface area contributed by atoms with Crippen molar-refractivity contribution in [2.75, 3.05) is 18.4 Å². The van der Waals surface area contributed by atoms with Crippen LogP contribution in [0.1, 0.15) is 41.6 Å². The number of hydrogen-bond donors (Lipinski definition) is 2. The second-order valence-electron chi connectivity index (χ2n) is 6.24. The Balaban J connectivity index is 1.72. The fraction of sp³-hybridized carbons (Fsp3) is 0.471. The van der Waals surface area contributed by atoms with Gasteiger partial charge in [0.05, 0.1) is 0 Å². The molecule has 2 aliphatic heterocycles. The van der Waals surface area contributed by atoms with Crippen molar-refractivity contribution >= 4 is 23.4 Å². The van der Waals surface area contributed by atoms with Crippen molar-refractivity contribution in [3.05, 3.63) is 29.3 Å². The van der Waals surface area contributed by atoms with Gasteiger partial charge in [0.15, 0.2) is 0 Å². The average molecular weight is 315 g/mol. The molecule has 0 atom stereocenters. The van der Waals surface area contributed by atoms with E-state index < -0.39 is 0 Å². The highest BCUT2D eigenvalue weighted by molar-refractivity contribution is 5.97. The van der Waals surface area contributed by atoms with E-state index in [1.54, 1.807) is 11.0 Å². The maximum atomic E-state index is 12.6. The maximum Gasteiger partial charge on any atom is 0.253 e. The van der Waals surface area contributed by atoms with E-state index >= 15 is 0 Å². The lowest BCUT2D eigenvalue weighted by Gasteiger charge is -2.30. The van der Waals surface area contributed by atoms with E-state index in [4.69, 9.17) is 5.73 Å². The molecule has 2 aliphatic rings. The van der Waals surface area contributed by atoms with Crippen LogP contribution in [-0.2, 0) is 16.0 Å². The Morgan fingerprint density at radius 3 is 2.61 bits per heavy atom. The molecular formula is C17H21N3O3. The number of likely N-dealkylation sites (tertiary alicyclic amines) is 1. The Morgan fingerprint density at radius 1 is 1.17 bits per heavy atom. The molecule has 6 nitrogen and oxygen atoms in total. The summed E-state index contributed by atoms with van der Waals surface area (Å²) in [6.07, 6.45) is 3.35. The lowest BCUT2D eigenvalue weighted by atomic mass is 9.95. The minimum absolute atomic E-state index is 0.0220. The van der Waals surface area contributed by atoms with Crippen molar-refractivity contribution in [2.45, 2.75) is 32.1 Å². The van der Waals surface area contributed by atoms with Crippen LogP contribution in [0.15, 0.2) is 18.2 Å². The minimum Gasteiger partial charge on any atom is -0.369 e. The van der Waals surface area contributed by atoms with E-state index in [2.05, 4.69) is 5.32 Å². The number of carbonyl (C=O) groups excluding carboxylic acids is 3. The monoisotopic (exact) mass is 315 g/mol. The maximum absolute atomic E-state index is 12.6. The molecule has 2 heterocycles. The van der Waals surface area contributed by atoms with E-state index in [1.165, 1.54) is 0 Å². The van der Waals surface area contributed by atoms with Crippen LogP contribution < -0.4 is 11.1 Å². The van der Waals surface area contributed by atoms with Crippen LogP contribution in [0, 0.1) is 5.92 Å². The fourth-order valence-corrected chi connectivity index (χ4v) is 3.26. The largest absolute Gasteiger partial charge is 0.369 e. The highest BCUT2D eigenvalue weighted by Gasteiger charge is 2.27. The van der Waals surface area contributed by atoms with Crippen LogP contribution in [0.25, 0.3) is 0 Å². The molecule has 0 bridgehead atoms. The molecule has 0 aliphatic carbocycles. The number of nitrogens with one attached hydrogen (secondary N) is 1. The molecule has 1 saturated heterocycles. The minimum atomic E-state index is -0.280. The zero-order valence-corrected chi connectivity index (χ0v) is 13.0. The Labute approximate surface area is 135 Å². The second-order valence-corrected chi connectivity index (χ2v) is 6.24. The van der Waals surface area contributed by atoms with Gasteiger partial charge in [0, 0.05) is 36.7 Å². The smallest absolute Gasteiger partial charge is 0.253 e.